The Morgan fingerprint density at radius 2 is 1.06 bits per heavy atom. The van der Waals surface area contributed by atoms with E-state index in [1.54, 1.807) is 18.4 Å². The second-order valence-electron chi connectivity index (χ2n) is 7.78. The van der Waals surface area contributed by atoms with Crippen LogP contribution < -0.4 is 5.63 Å². The zero-order valence-corrected chi connectivity index (χ0v) is 17.1. The number of fused-ring (bicyclic) bond motifs is 2. The van der Waals surface area contributed by atoms with E-state index in [0.717, 1.165) is 33.0 Å². The van der Waals surface area contributed by atoms with Crippen LogP contribution in [0.1, 0.15) is 0 Å². The van der Waals surface area contributed by atoms with Gasteiger partial charge in [-0.2, -0.15) is 0 Å². The lowest BCUT2D eigenvalue weighted by molar-refractivity contribution is 0.559. The molecule has 2 aromatic heterocycles. The van der Waals surface area contributed by atoms with E-state index in [1.807, 2.05) is 48.5 Å². The summed E-state index contributed by atoms with van der Waals surface area (Å²) in [5.41, 5.74) is 7.09. The van der Waals surface area contributed by atoms with Crippen LogP contribution in [0.3, 0.4) is 0 Å². The van der Waals surface area contributed by atoms with Crippen molar-refractivity contribution < 1.29 is 8.83 Å². The van der Waals surface area contributed by atoms with Gasteiger partial charge in [-0.15, -0.1) is 0 Å². The van der Waals surface area contributed by atoms with Gasteiger partial charge < -0.3 is 8.83 Å². The molecule has 0 bridgehead atoms. The summed E-state index contributed by atoms with van der Waals surface area (Å²) < 4.78 is 11.3. The highest BCUT2D eigenvalue weighted by molar-refractivity contribution is 6.05. The molecule has 4 aromatic carbocycles. The topological polar surface area (TPSA) is 43.4 Å². The van der Waals surface area contributed by atoms with E-state index in [4.69, 9.17) is 8.83 Å². The second-order valence-corrected chi connectivity index (χ2v) is 7.78. The van der Waals surface area contributed by atoms with E-state index in [2.05, 4.69) is 42.5 Å². The monoisotopic (exact) mass is 414 g/mol. The molecule has 6 rings (SSSR count). The first-order valence-electron chi connectivity index (χ1n) is 10.5. The quantitative estimate of drug-likeness (QED) is 0.281. The molecule has 0 aliphatic carbocycles. The normalized spacial score (nSPS) is 11.2. The van der Waals surface area contributed by atoms with Crippen LogP contribution in [-0.2, 0) is 0 Å². The highest BCUT2D eigenvalue weighted by atomic mass is 16.4. The molecular weight excluding hydrogens is 396 g/mol. The number of rotatable bonds is 3. The molecule has 6 aromatic rings. The van der Waals surface area contributed by atoms with E-state index in [9.17, 15) is 4.79 Å². The highest BCUT2D eigenvalue weighted by Crippen LogP contribution is 2.37. The van der Waals surface area contributed by atoms with Gasteiger partial charge in [-0.25, -0.2) is 4.79 Å². The zero-order chi connectivity index (χ0) is 21.5. The van der Waals surface area contributed by atoms with E-state index < -0.39 is 0 Å². The predicted molar refractivity (Wildman–Crippen MR) is 129 cm³/mol. The molecular formula is C29H18O3. The van der Waals surface area contributed by atoms with E-state index >= 15 is 0 Å². The lowest BCUT2D eigenvalue weighted by Crippen LogP contribution is -1.98. The highest BCUT2D eigenvalue weighted by Gasteiger charge is 2.14. The summed E-state index contributed by atoms with van der Waals surface area (Å²) >= 11 is 0. The smallest absolute Gasteiger partial charge is 0.336 e. The lowest BCUT2D eigenvalue weighted by atomic mass is 9.97. The Hall–Kier alpha value is -4.37. The summed E-state index contributed by atoms with van der Waals surface area (Å²) in [5, 5.41) is 1.86. The van der Waals surface area contributed by atoms with Gasteiger partial charge in [0.25, 0.3) is 0 Å². The molecule has 0 saturated carbocycles. The van der Waals surface area contributed by atoms with Gasteiger partial charge in [-0.1, -0.05) is 84.9 Å². The number of furan rings is 1. The maximum atomic E-state index is 12.2. The molecule has 0 saturated heterocycles. The molecule has 0 aliphatic heterocycles. The Balaban J connectivity index is 1.52. The minimum atomic E-state index is -0.376. The van der Waals surface area contributed by atoms with Crippen molar-refractivity contribution in [3.8, 4) is 33.4 Å². The first-order chi connectivity index (χ1) is 15.8. The van der Waals surface area contributed by atoms with Gasteiger partial charge in [0.05, 0.1) is 6.26 Å². The summed E-state index contributed by atoms with van der Waals surface area (Å²) in [5.74, 6) is 0. The molecule has 0 unspecified atom stereocenters. The molecule has 0 atom stereocenters. The van der Waals surface area contributed by atoms with Crippen molar-refractivity contribution in [2.24, 2.45) is 0 Å². The van der Waals surface area contributed by atoms with Crippen LogP contribution >= 0.6 is 0 Å². The number of hydrogen-bond donors (Lipinski definition) is 0. The molecule has 2 heterocycles. The van der Waals surface area contributed by atoms with Gasteiger partial charge in [0, 0.05) is 28.5 Å². The predicted octanol–water partition coefficient (Wildman–Crippen LogP) is 7.54. The van der Waals surface area contributed by atoms with Gasteiger partial charge in [0.1, 0.15) is 11.2 Å². The maximum Gasteiger partial charge on any atom is 0.336 e. The summed E-state index contributed by atoms with van der Waals surface area (Å²) in [6.45, 7) is 0. The van der Waals surface area contributed by atoms with Gasteiger partial charge in [-0.05, 0) is 33.9 Å². The average molecular weight is 414 g/mol. The fourth-order valence-electron chi connectivity index (χ4n) is 4.24. The molecule has 152 valence electrons. The Labute approximate surface area is 184 Å². The van der Waals surface area contributed by atoms with Gasteiger partial charge >= 0.3 is 5.63 Å². The van der Waals surface area contributed by atoms with Crippen LogP contribution in [0.15, 0.2) is 123 Å². The van der Waals surface area contributed by atoms with Gasteiger partial charge in [0.2, 0.25) is 0 Å². The first-order valence-corrected chi connectivity index (χ1v) is 10.5. The van der Waals surface area contributed by atoms with Crippen LogP contribution in [0.2, 0.25) is 0 Å². The van der Waals surface area contributed by atoms with Crippen molar-refractivity contribution in [1.29, 1.82) is 0 Å². The minimum absolute atomic E-state index is 0.376. The molecule has 32 heavy (non-hydrogen) atoms. The van der Waals surface area contributed by atoms with Gasteiger partial charge in [-0.3, -0.25) is 0 Å². The fourth-order valence-corrected chi connectivity index (χ4v) is 4.24. The van der Waals surface area contributed by atoms with Crippen LogP contribution in [0.4, 0.5) is 0 Å². The van der Waals surface area contributed by atoms with Crippen LogP contribution in [-0.4, -0.2) is 0 Å². The summed E-state index contributed by atoms with van der Waals surface area (Å²) in [7, 11) is 0. The van der Waals surface area contributed by atoms with Crippen LogP contribution in [0.5, 0.6) is 0 Å². The van der Waals surface area contributed by atoms with Crippen molar-refractivity contribution in [2.45, 2.75) is 0 Å². The average Bonchev–Trinajstić information content (AvgIpc) is 3.26. The molecule has 0 radical (unpaired) electrons. The zero-order valence-electron chi connectivity index (χ0n) is 17.1. The largest absolute Gasteiger partial charge is 0.464 e. The van der Waals surface area contributed by atoms with Crippen molar-refractivity contribution in [3.63, 3.8) is 0 Å². The second kappa shape index (κ2) is 7.40. The Morgan fingerprint density at radius 3 is 1.78 bits per heavy atom. The Bertz CT molecular complexity index is 1610. The summed E-state index contributed by atoms with van der Waals surface area (Å²) in [4.78, 5) is 12.2. The standard InChI is InChI=1S/C29H18O3/c30-29-16-23(21-9-5-2-6-10-21)24-15-25-26(18-31-27(25)17-28(24)32-29)22-13-11-20(12-14-22)19-7-3-1-4-8-19/h1-18H. The molecule has 0 aliphatic rings. The summed E-state index contributed by atoms with van der Waals surface area (Å²) in [6.07, 6.45) is 1.77. The summed E-state index contributed by atoms with van der Waals surface area (Å²) in [6, 6.07) is 34.1. The van der Waals surface area contributed by atoms with E-state index in [-0.39, 0.29) is 5.63 Å². The molecule has 3 heteroatoms. The van der Waals surface area contributed by atoms with Crippen LogP contribution in [0, 0.1) is 0 Å². The van der Waals surface area contributed by atoms with Crippen molar-refractivity contribution in [3.05, 3.63) is 120 Å². The Kier molecular flexibility index (Phi) is 4.25. The lowest BCUT2D eigenvalue weighted by Gasteiger charge is -2.07. The minimum Gasteiger partial charge on any atom is -0.464 e. The molecule has 0 amide bonds. The molecule has 0 fully saturated rings. The van der Waals surface area contributed by atoms with E-state index in [1.165, 1.54) is 11.1 Å². The number of benzene rings is 4. The van der Waals surface area contributed by atoms with Crippen molar-refractivity contribution in [2.75, 3.05) is 0 Å². The third-order valence-electron chi connectivity index (χ3n) is 5.83. The van der Waals surface area contributed by atoms with Crippen molar-refractivity contribution in [1.82, 2.24) is 0 Å². The third-order valence-corrected chi connectivity index (χ3v) is 5.83. The number of hydrogen-bond acceptors (Lipinski definition) is 3. The molecule has 0 N–H and O–H groups in total. The Morgan fingerprint density at radius 1 is 0.500 bits per heavy atom. The first kappa shape index (κ1) is 18.4. The SMILES string of the molecule is O=c1cc(-c2ccccc2)c2cc3c(-c4ccc(-c5ccccc5)cc4)coc3cc2o1. The van der Waals surface area contributed by atoms with E-state index in [0.29, 0.717) is 11.2 Å². The molecule has 3 nitrogen and oxygen atoms in total. The molecule has 0 spiro atoms. The van der Waals surface area contributed by atoms with Crippen LogP contribution in [0.25, 0.3) is 55.3 Å². The maximum absolute atomic E-state index is 12.2. The third kappa shape index (κ3) is 3.12. The fraction of sp³-hybridized carbons (Fsp3) is 0. The van der Waals surface area contributed by atoms with Gasteiger partial charge in [0.15, 0.2) is 0 Å². The van der Waals surface area contributed by atoms with Crippen molar-refractivity contribution >= 4 is 21.9 Å².